The van der Waals surface area contributed by atoms with Crippen LogP contribution in [-0.4, -0.2) is 35.0 Å². The first-order valence-corrected chi connectivity index (χ1v) is 10.8. The van der Waals surface area contributed by atoms with Gasteiger partial charge in [-0.25, -0.2) is 4.79 Å². The smallest absolute Gasteiger partial charge is 0.347 e. The van der Waals surface area contributed by atoms with Crippen molar-refractivity contribution < 1.29 is 29.2 Å². The maximum absolute atomic E-state index is 11.2. The molecule has 0 atom stereocenters. The van der Waals surface area contributed by atoms with Crippen LogP contribution in [0, 0.1) is 0 Å². The molecule has 0 aliphatic carbocycles. The Bertz CT molecular complexity index is 895. The highest BCUT2D eigenvalue weighted by Gasteiger charge is 2.29. The van der Waals surface area contributed by atoms with E-state index in [9.17, 15) is 9.90 Å². The van der Waals surface area contributed by atoms with E-state index in [0.29, 0.717) is 36.2 Å². The van der Waals surface area contributed by atoms with E-state index in [2.05, 4.69) is 41.5 Å². The Hall–Kier alpha value is -2.89. The van der Waals surface area contributed by atoms with E-state index in [1.165, 1.54) is 13.8 Å². The Balaban J connectivity index is 2.01. The number of aliphatic carboxylic acids is 1. The SMILES string of the molecule is CC(C)(Oc1ccc(OCCOc2cc(C(C)(C)C)c(O)c(C(C)(C)C)c2)cc1)C(=O)O. The molecule has 0 unspecified atom stereocenters. The number of carboxylic acids is 1. The molecule has 2 N–H and O–H groups in total. The highest BCUT2D eigenvalue weighted by molar-refractivity contribution is 5.76. The summed E-state index contributed by atoms with van der Waals surface area (Å²) in [7, 11) is 0. The third-order valence-corrected chi connectivity index (χ3v) is 5.03. The fourth-order valence-corrected chi connectivity index (χ4v) is 3.10. The molecule has 0 spiro atoms. The topological polar surface area (TPSA) is 85.2 Å². The molecule has 32 heavy (non-hydrogen) atoms. The van der Waals surface area contributed by atoms with E-state index in [1.807, 2.05) is 12.1 Å². The lowest BCUT2D eigenvalue weighted by atomic mass is 9.79. The summed E-state index contributed by atoms with van der Waals surface area (Å²) in [4.78, 5) is 11.2. The van der Waals surface area contributed by atoms with E-state index >= 15 is 0 Å². The van der Waals surface area contributed by atoms with Crippen LogP contribution in [-0.2, 0) is 15.6 Å². The molecule has 0 aliphatic heterocycles. The fraction of sp³-hybridized carbons (Fsp3) is 0.500. The summed E-state index contributed by atoms with van der Waals surface area (Å²) in [5.41, 5.74) is -0.0581. The zero-order chi connectivity index (χ0) is 24.3. The number of carboxylic acid groups (broad SMARTS) is 1. The predicted octanol–water partition coefficient (Wildman–Crippen LogP) is 5.69. The van der Waals surface area contributed by atoms with Crippen LogP contribution in [0.4, 0.5) is 0 Å². The zero-order valence-corrected chi connectivity index (χ0v) is 20.4. The number of aromatic hydroxyl groups is 1. The van der Waals surface area contributed by atoms with Crippen molar-refractivity contribution in [2.24, 2.45) is 0 Å². The van der Waals surface area contributed by atoms with Gasteiger partial charge in [-0.05, 0) is 61.1 Å². The minimum absolute atomic E-state index is 0.223. The second-order valence-corrected chi connectivity index (χ2v) is 10.5. The van der Waals surface area contributed by atoms with Gasteiger partial charge in [-0.3, -0.25) is 0 Å². The zero-order valence-electron chi connectivity index (χ0n) is 20.4. The van der Waals surface area contributed by atoms with Crippen molar-refractivity contribution in [2.45, 2.75) is 71.8 Å². The molecule has 0 aromatic heterocycles. The lowest BCUT2D eigenvalue weighted by Gasteiger charge is -2.28. The second-order valence-electron chi connectivity index (χ2n) is 10.5. The van der Waals surface area contributed by atoms with Gasteiger partial charge < -0.3 is 24.4 Å². The maximum Gasteiger partial charge on any atom is 0.347 e. The number of carbonyl (C=O) groups is 1. The maximum atomic E-state index is 11.2. The van der Waals surface area contributed by atoms with Gasteiger partial charge in [0.1, 0.15) is 36.2 Å². The highest BCUT2D eigenvalue weighted by Crippen LogP contribution is 2.41. The molecule has 2 aromatic carbocycles. The van der Waals surface area contributed by atoms with Gasteiger partial charge in [0.05, 0.1) is 0 Å². The second kappa shape index (κ2) is 9.31. The molecule has 6 nitrogen and oxygen atoms in total. The Labute approximate surface area is 191 Å². The Morgan fingerprint density at radius 2 is 1.16 bits per heavy atom. The van der Waals surface area contributed by atoms with Crippen molar-refractivity contribution in [3.63, 3.8) is 0 Å². The molecule has 2 rings (SSSR count). The van der Waals surface area contributed by atoms with Gasteiger partial charge in [0.2, 0.25) is 0 Å². The minimum Gasteiger partial charge on any atom is -0.507 e. The molecule has 176 valence electrons. The number of hydrogen-bond donors (Lipinski definition) is 2. The van der Waals surface area contributed by atoms with Gasteiger partial charge in [-0.2, -0.15) is 0 Å². The summed E-state index contributed by atoms with van der Waals surface area (Å²) >= 11 is 0. The highest BCUT2D eigenvalue weighted by atomic mass is 16.5. The van der Waals surface area contributed by atoms with Crippen LogP contribution in [0.5, 0.6) is 23.0 Å². The molecule has 0 amide bonds. The summed E-state index contributed by atoms with van der Waals surface area (Å²) in [5.74, 6) is 1.07. The third-order valence-electron chi connectivity index (χ3n) is 5.03. The van der Waals surface area contributed by atoms with Gasteiger partial charge in [0, 0.05) is 11.1 Å². The quantitative estimate of drug-likeness (QED) is 0.509. The van der Waals surface area contributed by atoms with E-state index in [-0.39, 0.29) is 10.8 Å². The summed E-state index contributed by atoms with van der Waals surface area (Å²) in [5, 5.41) is 20.0. The molecule has 2 aromatic rings. The first-order chi connectivity index (χ1) is 14.6. The van der Waals surface area contributed by atoms with E-state index in [4.69, 9.17) is 19.3 Å². The van der Waals surface area contributed by atoms with Gasteiger partial charge in [0.25, 0.3) is 0 Å². The predicted molar refractivity (Wildman–Crippen MR) is 125 cm³/mol. The van der Waals surface area contributed by atoms with E-state index < -0.39 is 11.6 Å². The molecule has 0 saturated heterocycles. The molecule has 0 aliphatic rings. The normalized spacial score (nSPS) is 12.4. The van der Waals surface area contributed by atoms with Crippen LogP contribution in [0.25, 0.3) is 0 Å². The number of benzene rings is 2. The molecule has 0 heterocycles. The Morgan fingerprint density at radius 3 is 1.56 bits per heavy atom. The average molecular weight is 445 g/mol. The molecular formula is C26H36O6. The van der Waals surface area contributed by atoms with Gasteiger partial charge in [0.15, 0.2) is 5.60 Å². The minimum atomic E-state index is -1.31. The average Bonchev–Trinajstić information content (AvgIpc) is 2.65. The summed E-state index contributed by atoms with van der Waals surface area (Å²) < 4.78 is 17.2. The molecular weight excluding hydrogens is 408 g/mol. The van der Waals surface area contributed by atoms with Crippen LogP contribution >= 0.6 is 0 Å². The van der Waals surface area contributed by atoms with Crippen molar-refractivity contribution >= 4 is 5.97 Å². The standard InChI is InChI=1S/C26H36O6/c1-24(2,3)20-15-19(16-21(22(20)27)25(4,5)6)31-14-13-30-17-9-11-18(12-10-17)32-26(7,8)23(28)29/h9-12,15-16,27H,13-14H2,1-8H3,(H,28,29). The fourth-order valence-electron chi connectivity index (χ4n) is 3.10. The van der Waals surface area contributed by atoms with Crippen LogP contribution in [0.3, 0.4) is 0 Å². The van der Waals surface area contributed by atoms with Crippen LogP contribution < -0.4 is 14.2 Å². The summed E-state index contributed by atoms with van der Waals surface area (Å²) in [6.07, 6.45) is 0. The molecule has 0 bridgehead atoms. The van der Waals surface area contributed by atoms with Crippen molar-refractivity contribution in [1.82, 2.24) is 0 Å². The van der Waals surface area contributed by atoms with Crippen molar-refractivity contribution in [3.8, 4) is 23.0 Å². The third kappa shape index (κ3) is 6.55. The lowest BCUT2D eigenvalue weighted by molar-refractivity contribution is -0.152. The molecule has 6 heteroatoms. The molecule has 0 saturated carbocycles. The van der Waals surface area contributed by atoms with Crippen molar-refractivity contribution in [3.05, 3.63) is 47.5 Å². The largest absolute Gasteiger partial charge is 0.507 e. The van der Waals surface area contributed by atoms with E-state index in [0.717, 1.165) is 11.1 Å². The summed E-state index contributed by atoms with van der Waals surface area (Å²) in [6.45, 7) is 16.0. The number of phenols is 1. The first-order valence-electron chi connectivity index (χ1n) is 10.8. The van der Waals surface area contributed by atoms with Crippen LogP contribution in [0.15, 0.2) is 36.4 Å². The lowest BCUT2D eigenvalue weighted by Crippen LogP contribution is -2.37. The number of ether oxygens (including phenoxy) is 3. The van der Waals surface area contributed by atoms with Gasteiger partial charge in [-0.15, -0.1) is 0 Å². The van der Waals surface area contributed by atoms with Gasteiger partial charge >= 0.3 is 5.97 Å². The monoisotopic (exact) mass is 444 g/mol. The van der Waals surface area contributed by atoms with Crippen molar-refractivity contribution in [1.29, 1.82) is 0 Å². The van der Waals surface area contributed by atoms with Crippen LogP contribution in [0.2, 0.25) is 0 Å². The number of phenolic OH excluding ortho intramolecular Hbond substituents is 1. The summed E-state index contributed by atoms with van der Waals surface area (Å²) in [6, 6.07) is 10.6. The van der Waals surface area contributed by atoms with Crippen molar-refractivity contribution in [2.75, 3.05) is 13.2 Å². The van der Waals surface area contributed by atoms with E-state index in [1.54, 1.807) is 24.3 Å². The molecule has 0 radical (unpaired) electrons. The first kappa shape index (κ1) is 25.4. The number of rotatable bonds is 8. The Morgan fingerprint density at radius 1 is 0.750 bits per heavy atom. The van der Waals surface area contributed by atoms with Crippen LogP contribution in [0.1, 0.15) is 66.5 Å². The molecule has 0 fully saturated rings. The Kier molecular flexibility index (Phi) is 7.38. The number of hydrogen-bond acceptors (Lipinski definition) is 5. The van der Waals surface area contributed by atoms with Gasteiger partial charge in [-0.1, -0.05) is 41.5 Å².